The van der Waals surface area contributed by atoms with Crippen molar-refractivity contribution in [3.63, 3.8) is 0 Å². The van der Waals surface area contributed by atoms with Gasteiger partial charge in [-0.3, -0.25) is 4.79 Å². The molecule has 0 bridgehead atoms. The number of furan rings is 1. The van der Waals surface area contributed by atoms with Gasteiger partial charge in [0.15, 0.2) is 5.76 Å². The summed E-state index contributed by atoms with van der Waals surface area (Å²) in [5.41, 5.74) is 0. The number of carbonyl (C=O) groups is 3. The summed E-state index contributed by atoms with van der Waals surface area (Å²) in [6, 6.07) is 4.03. The molecule has 1 aromatic rings. The number of nitrogens with one attached hydrogen (secondary N) is 2. The van der Waals surface area contributed by atoms with Crippen molar-refractivity contribution in [2.24, 2.45) is 0 Å². The number of carboxylic acids is 2. The fraction of sp³-hybridized carbons (Fsp3) is 0.562. The zero-order valence-electron chi connectivity index (χ0n) is 13.5. The van der Waals surface area contributed by atoms with Gasteiger partial charge in [0.1, 0.15) is 0 Å². The van der Waals surface area contributed by atoms with Crippen LogP contribution in [0.15, 0.2) is 22.8 Å². The van der Waals surface area contributed by atoms with Crippen molar-refractivity contribution in [3.05, 3.63) is 24.2 Å². The van der Waals surface area contributed by atoms with Crippen LogP contribution in [0.25, 0.3) is 0 Å². The van der Waals surface area contributed by atoms with Crippen LogP contribution in [-0.4, -0.2) is 47.2 Å². The average molecular weight is 340 g/mol. The minimum atomic E-state index is -1.82. The third kappa shape index (κ3) is 8.33. The standard InChI is InChI=1S/C14H22N2O2.C2H2O4/c17-14(13-8-5-11-18-13)16-10-9-15-12-6-3-1-2-4-7-12;3-1(4)2(5)6/h5,8,11-12,15H,1-4,6-7,9-10H2,(H,16,17);(H,3,4)(H,5,6). The average Bonchev–Trinajstić information content (AvgIpc) is 2.97. The molecule has 1 fully saturated rings. The topological polar surface area (TPSA) is 129 Å². The van der Waals surface area contributed by atoms with Gasteiger partial charge in [0.25, 0.3) is 5.91 Å². The summed E-state index contributed by atoms with van der Waals surface area (Å²) in [4.78, 5) is 29.8. The number of carbonyl (C=O) groups excluding carboxylic acids is 1. The minimum absolute atomic E-state index is 0.136. The highest BCUT2D eigenvalue weighted by Gasteiger charge is 2.11. The maximum absolute atomic E-state index is 11.6. The molecule has 2 rings (SSSR count). The minimum Gasteiger partial charge on any atom is -0.473 e. The molecular weight excluding hydrogens is 316 g/mol. The van der Waals surface area contributed by atoms with Crippen LogP contribution in [0.4, 0.5) is 0 Å². The molecule has 1 amide bonds. The van der Waals surface area contributed by atoms with Crippen LogP contribution in [-0.2, 0) is 9.59 Å². The van der Waals surface area contributed by atoms with E-state index in [1.165, 1.54) is 44.8 Å². The number of aliphatic carboxylic acids is 2. The zero-order valence-corrected chi connectivity index (χ0v) is 13.5. The predicted molar refractivity (Wildman–Crippen MR) is 85.8 cm³/mol. The van der Waals surface area contributed by atoms with E-state index in [0.29, 0.717) is 18.3 Å². The molecule has 134 valence electrons. The quantitative estimate of drug-likeness (QED) is 0.363. The molecular formula is C16H24N2O6. The summed E-state index contributed by atoms with van der Waals surface area (Å²) in [5, 5.41) is 21.1. The van der Waals surface area contributed by atoms with Gasteiger partial charge in [0.05, 0.1) is 6.26 Å². The second-order valence-corrected chi connectivity index (χ2v) is 5.49. The Kier molecular flexibility index (Phi) is 9.21. The Hall–Kier alpha value is -2.35. The van der Waals surface area contributed by atoms with Gasteiger partial charge in [-0.2, -0.15) is 0 Å². The highest BCUT2D eigenvalue weighted by Crippen LogP contribution is 2.16. The van der Waals surface area contributed by atoms with Gasteiger partial charge < -0.3 is 25.3 Å². The fourth-order valence-electron chi connectivity index (χ4n) is 2.43. The lowest BCUT2D eigenvalue weighted by atomic mass is 10.1. The van der Waals surface area contributed by atoms with Crippen molar-refractivity contribution in [2.75, 3.05) is 13.1 Å². The Morgan fingerprint density at radius 2 is 1.67 bits per heavy atom. The molecule has 1 aliphatic rings. The Labute approximate surface area is 140 Å². The molecule has 0 spiro atoms. The molecule has 0 atom stereocenters. The number of amides is 1. The van der Waals surface area contributed by atoms with Crippen LogP contribution in [0.5, 0.6) is 0 Å². The third-order valence-electron chi connectivity index (χ3n) is 3.63. The largest absolute Gasteiger partial charge is 0.473 e. The van der Waals surface area contributed by atoms with E-state index in [-0.39, 0.29) is 5.91 Å². The molecule has 1 aromatic heterocycles. The highest BCUT2D eigenvalue weighted by atomic mass is 16.4. The van der Waals surface area contributed by atoms with Crippen LogP contribution in [0.3, 0.4) is 0 Å². The zero-order chi connectivity index (χ0) is 17.8. The number of hydrogen-bond donors (Lipinski definition) is 4. The number of carboxylic acid groups (broad SMARTS) is 2. The second kappa shape index (κ2) is 11.2. The van der Waals surface area contributed by atoms with Gasteiger partial charge in [-0.25, -0.2) is 9.59 Å². The van der Waals surface area contributed by atoms with E-state index < -0.39 is 11.9 Å². The van der Waals surface area contributed by atoms with Gasteiger partial charge >= 0.3 is 11.9 Å². The summed E-state index contributed by atoms with van der Waals surface area (Å²) in [7, 11) is 0. The predicted octanol–water partition coefficient (Wildman–Crippen LogP) is 1.48. The summed E-state index contributed by atoms with van der Waals surface area (Å²) in [6.07, 6.45) is 9.45. The van der Waals surface area contributed by atoms with Crippen LogP contribution in [0.2, 0.25) is 0 Å². The Balaban J connectivity index is 0.000000413. The lowest BCUT2D eigenvalue weighted by Crippen LogP contribution is -2.36. The fourth-order valence-corrected chi connectivity index (χ4v) is 2.43. The van der Waals surface area contributed by atoms with E-state index in [0.717, 1.165) is 6.54 Å². The molecule has 0 unspecified atom stereocenters. The van der Waals surface area contributed by atoms with Gasteiger partial charge in [0.2, 0.25) is 0 Å². The summed E-state index contributed by atoms with van der Waals surface area (Å²) in [5.74, 6) is -3.41. The monoisotopic (exact) mass is 340 g/mol. The lowest BCUT2D eigenvalue weighted by Gasteiger charge is -2.16. The SMILES string of the molecule is O=C(NCCNC1CCCCCC1)c1ccco1.O=C(O)C(=O)O. The molecule has 0 saturated heterocycles. The molecule has 0 radical (unpaired) electrons. The molecule has 1 heterocycles. The first kappa shape index (κ1) is 19.7. The van der Waals surface area contributed by atoms with Crippen molar-refractivity contribution in [1.82, 2.24) is 10.6 Å². The third-order valence-corrected chi connectivity index (χ3v) is 3.63. The van der Waals surface area contributed by atoms with Crippen LogP contribution < -0.4 is 10.6 Å². The van der Waals surface area contributed by atoms with Crippen molar-refractivity contribution in [3.8, 4) is 0 Å². The highest BCUT2D eigenvalue weighted by molar-refractivity contribution is 6.27. The van der Waals surface area contributed by atoms with Gasteiger partial charge in [-0.1, -0.05) is 25.7 Å². The molecule has 4 N–H and O–H groups in total. The lowest BCUT2D eigenvalue weighted by molar-refractivity contribution is -0.159. The van der Waals surface area contributed by atoms with E-state index in [4.69, 9.17) is 24.2 Å². The van der Waals surface area contributed by atoms with E-state index in [1.807, 2.05) is 0 Å². The van der Waals surface area contributed by atoms with Crippen molar-refractivity contribution >= 4 is 17.8 Å². The van der Waals surface area contributed by atoms with Gasteiger partial charge in [-0.15, -0.1) is 0 Å². The Bertz CT molecular complexity index is 495. The first-order valence-electron chi connectivity index (χ1n) is 8.02. The maximum atomic E-state index is 11.6. The number of rotatable bonds is 5. The van der Waals surface area contributed by atoms with E-state index in [2.05, 4.69) is 10.6 Å². The van der Waals surface area contributed by atoms with Crippen LogP contribution >= 0.6 is 0 Å². The molecule has 8 nitrogen and oxygen atoms in total. The normalized spacial score (nSPS) is 14.8. The van der Waals surface area contributed by atoms with Crippen molar-refractivity contribution < 1.29 is 29.0 Å². The van der Waals surface area contributed by atoms with Gasteiger partial charge in [0, 0.05) is 19.1 Å². The van der Waals surface area contributed by atoms with Crippen molar-refractivity contribution in [1.29, 1.82) is 0 Å². The van der Waals surface area contributed by atoms with Crippen molar-refractivity contribution in [2.45, 2.75) is 44.6 Å². The molecule has 0 aliphatic heterocycles. The van der Waals surface area contributed by atoms with E-state index in [9.17, 15) is 4.79 Å². The maximum Gasteiger partial charge on any atom is 0.414 e. The van der Waals surface area contributed by atoms with E-state index >= 15 is 0 Å². The van der Waals surface area contributed by atoms with Crippen LogP contribution in [0, 0.1) is 0 Å². The van der Waals surface area contributed by atoms with Gasteiger partial charge in [-0.05, 0) is 25.0 Å². The van der Waals surface area contributed by atoms with Crippen LogP contribution in [0.1, 0.15) is 49.1 Å². The molecule has 8 heteroatoms. The molecule has 1 aliphatic carbocycles. The number of hydrogen-bond acceptors (Lipinski definition) is 5. The molecule has 0 aromatic carbocycles. The first-order valence-corrected chi connectivity index (χ1v) is 8.02. The first-order chi connectivity index (χ1) is 11.5. The summed E-state index contributed by atoms with van der Waals surface area (Å²) in [6.45, 7) is 1.48. The second-order valence-electron chi connectivity index (χ2n) is 5.49. The van der Waals surface area contributed by atoms with E-state index in [1.54, 1.807) is 12.1 Å². The summed E-state index contributed by atoms with van der Waals surface area (Å²) < 4.78 is 5.03. The summed E-state index contributed by atoms with van der Waals surface area (Å²) >= 11 is 0. The smallest absolute Gasteiger partial charge is 0.414 e. The Morgan fingerprint density at radius 3 is 2.17 bits per heavy atom. The Morgan fingerprint density at radius 1 is 1.04 bits per heavy atom. The molecule has 1 saturated carbocycles. The molecule has 24 heavy (non-hydrogen) atoms.